The maximum Gasteiger partial charge on any atom is 0.261 e. The lowest BCUT2D eigenvalue weighted by Gasteiger charge is -2.13. The molecule has 0 aliphatic carbocycles. The summed E-state index contributed by atoms with van der Waals surface area (Å²) in [5.41, 5.74) is 4.69. The first-order valence-corrected chi connectivity index (χ1v) is 12.4. The topological polar surface area (TPSA) is 120 Å². The summed E-state index contributed by atoms with van der Waals surface area (Å²) in [4.78, 5) is 8.43. The van der Waals surface area contributed by atoms with E-state index in [1.54, 1.807) is 85.3 Å². The summed E-state index contributed by atoms with van der Waals surface area (Å²) < 4.78 is 28.8. The van der Waals surface area contributed by atoms with Crippen LogP contribution in [-0.2, 0) is 10.0 Å². The third kappa shape index (κ3) is 5.09. The molecule has 8 nitrogen and oxygen atoms in total. The van der Waals surface area contributed by atoms with Crippen LogP contribution in [0.5, 0.6) is 0 Å². The fourth-order valence-electron chi connectivity index (χ4n) is 3.66. The van der Waals surface area contributed by atoms with Gasteiger partial charge in [-0.3, -0.25) is 14.7 Å². The average Bonchev–Trinajstić information content (AvgIpc) is 2.90. The molecule has 0 bridgehead atoms. The smallest absolute Gasteiger partial charge is 0.261 e. The van der Waals surface area contributed by atoms with E-state index in [0.717, 1.165) is 28.0 Å². The molecule has 0 spiro atoms. The van der Waals surface area contributed by atoms with Crippen molar-refractivity contribution >= 4 is 49.4 Å². The van der Waals surface area contributed by atoms with Gasteiger partial charge in [0.2, 0.25) is 0 Å². The van der Waals surface area contributed by atoms with Gasteiger partial charge in [-0.15, -0.1) is 0 Å². The summed E-state index contributed by atoms with van der Waals surface area (Å²) >= 11 is 0. The number of rotatable bonds is 7. The Balaban J connectivity index is 1.34. The summed E-state index contributed by atoms with van der Waals surface area (Å²) in [5.74, 6) is 0. The van der Waals surface area contributed by atoms with E-state index in [1.807, 2.05) is 12.1 Å². The molecule has 3 aromatic carbocycles. The lowest BCUT2D eigenvalue weighted by atomic mass is 10.1. The van der Waals surface area contributed by atoms with Gasteiger partial charge in [-0.1, -0.05) is 6.07 Å². The Labute approximate surface area is 208 Å². The van der Waals surface area contributed by atoms with Gasteiger partial charge in [0, 0.05) is 52.4 Å². The number of pyridine rings is 2. The van der Waals surface area contributed by atoms with Crippen LogP contribution in [0.1, 0.15) is 5.56 Å². The second-order valence-electron chi connectivity index (χ2n) is 7.90. The fourth-order valence-corrected chi connectivity index (χ4v) is 4.76. The highest BCUT2D eigenvalue weighted by molar-refractivity contribution is 7.92. The number of fused-ring (bicyclic) bond motifs is 1. The number of nitrogens with one attached hydrogen (secondary N) is 3. The Kier molecular flexibility index (Phi) is 6.18. The van der Waals surface area contributed by atoms with E-state index in [-0.39, 0.29) is 4.90 Å². The van der Waals surface area contributed by atoms with Crippen LogP contribution in [0.15, 0.2) is 108 Å². The van der Waals surface area contributed by atoms with Gasteiger partial charge in [-0.05, 0) is 78.9 Å². The predicted octanol–water partition coefficient (Wildman–Crippen LogP) is 5.79. The van der Waals surface area contributed by atoms with Crippen molar-refractivity contribution in [2.24, 2.45) is 0 Å². The molecule has 2 heterocycles. The van der Waals surface area contributed by atoms with E-state index in [9.17, 15) is 13.7 Å². The van der Waals surface area contributed by atoms with Gasteiger partial charge in [-0.25, -0.2) is 8.42 Å². The Morgan fingerprint density at radius 3 is 2.25 bits per heavy atom. The summed E-state index contributed by atoms with van der Waals surface area (Å²) in [6.45, 7) is 0. The lowest BCUT2D eigenvalue weighted by molar-refractivity contribution is 0.601. The first-order valence-electron chi connectivity index (χ1n) is 11.0. The molecule has 176 valence electrons. The number of nitriles is 1. The highest BCUT2D eigenvalue weighted by atomic mass is 32.2. The Morgan fingerprint density at radius 1 is 0.722 bits per heavy atom. The molecule has 0 atom stereocenters. The van der Waals surface area contributed by atoms with E-state index in [4.69, 9.17) is 0 Å². The number of hydrogen-bond donors (Lipinski definition) is 3. The monoisotopic (exact) mass is 492 g/mol. The zero-order valence-corrected chi connectivity index (χ0v) is 19.7. The van der Waals surface area contributed by atoms with Gasteiger partial charge >= 0.3 is 0 Å². The fraction of sp³-hybridized carbons (Fsp3) is 0. The maximum absolute atomic E-state index is 13.1. The van der Waals surface area contributed by atoms with Crippen molar-refractivity contribution < 1.29 is 8.42 Å². The molecule has 0 aliphatic rings. The third-order valence-corrected chi connectivity index (χ3v) is 6.78. The van der Waals surface area contributed by atoms with Crippen molar-refractivity contribution in [3.05, 3.63) is 109 Å². The quantitative estimate of drug-likeness (QED) is 0.263. The van der Waals surface area contributed by atoms with Gasteiger partial charge in [0.25, 0.3) is 10.0 Å². The highest BCUT2D eigenvalue weighted by Crippen LogP contribution is 2.28. The van der Waals surface area contributed by atoms with E-state index in [2.05, 4.69) is 31.4 Å². The number of hydrogen-bond acceptors (Lipinski definition) is 7. The van der Waals surface area contributed by atoms with Crippen LogP contribution in [0, 0.1) is 11.3 Å². The number of nitrogens with zero attached hydrogens (tertiary/aromatic N) is 3. The second-order valence-corrected chi connectivity index (χ2v) is 9.58. The van der Waals surface area contributed by atoms with Gasteiger partial charge in [0.15, 0.2) is 0 Å². The van der Waals surface area contributed by atoms with Crippen LogP contribution < -0.4 is 15.4 Å². The molecule has 9 heteroatoms. The average molecular weight is 493 g/mol. The zero-order valence-electron chi connectivity index (χ0n) is 18.9. The van der Waals surface area contributed by atoms with Crippen LogP contribution in [0.2, 0.25) is 0 Å². The van der Waals surface area contributed by atoms with Gasteiger partial charge in [-0.2, -0.15) is 5.26 Å². The SMILES string of the molecule is N#Cc1ccc2nccc(Nc3cccc(S(=O)(=O)Nc4ccc(Nc5ccncc5)cc4)c3)c2c1. The van der Waals surface area contributed by atoms with Crippen molar-refractivity contribution in [1.29, 1.82) is 5.26 Å². The molecule has 0 fully saturated rings. The summed E-state index contributed by atoms with van der Waals surface area (Å²) in [6.07, 6.45) is 5.04. The van der Waals surface area contributed by atoms with Crippen molar-refractivity contribution in [2.45, 2.75) is 4.90 Å². The Morgan fingerprint density at radius 2 is 1.47 bits per heavy atom. The summed E-state index contributed by atoms with van der Waals surface area (Å²) in [6, 6.07) is 26.3. The molecule has 3 N–H and O–H groups in total. The number of anilines is 5. The molecule has 0 saturated carbocycles. The minimum atomic E-state index is -3.83. The Hall–Kier alpha value is -4.94. The van der Waals surface area contributed by atoms with Gasteiger partial charge in [0.1, 0.15) is 0 Å². The highest BCUT2D eigenvalue weighted by Gasteiger charge is 2.15. The molecular weight excluding hydrogens is 472 g/mol. The molecule has 0 radical (unpaired) electrons. The third-order valence-electron chi connectivity index (χ3n) is 5.40. The molecular formula is C27H20N6O2S. The normalized spacial score (nSPS) is 11.0. The Bertz CT molecular complexity index is 1680. The van der Waals surface area contributed by atoms with Crippen molar-refractivity contribution in [1.82, 2.24) is 9.97 Å². The number of sulfonamides is 1. The van der Waals surface area contributed by atoms with E-state index in [0.29, 0.717) is 16.9 Å². The molecule has 5 aromatic rings. The minimum Gasteiger partial charge on any atom is -0.355 e. The largest absolute Gasteiger partial charge is 0.355 e. The van der Waals surface area contributed by atoms with Crippen LogP contribution in [0.25, 0.3) is 10.9 Å². The number of aromatic nitrogens is 2. The molecule has 0 amide bonds. The maximum atomic E-state index is 13.1. The standard InChI is InChI=1S/C27H20N6O2S/c28-18-19-4-9-26-25(16-19)27(12-15-30-26)32-23-2-1-3-24(17-23)36(34,35)33-22-7-5-20(6-8-22)31-21-10-13-29-14-11-21/h1-17,33H,(H,29,31)(H,30,32). The number of benzene rings is 3. The summed E-state index contributed by atoms with van der Waals surface area (Å²) in [7, 11) is -3.83. The van der Waals surface area contributed by atoms with Crippen LogP contribution >= 0.6 is 0 Å². The molecule has 0 unspecified atom stereocenters. The van der Waals surface area contributed by atoms with Crippen molar-refractivity contribution in [2.75, 3.05) is 15.4 Å². The van der Waals surface area contributed by atoms with Crippen LogP contribution in [0.3, 0.4) is 0 Å². The van der Waals surface area contributed by atoms with Crippen LogP contribution in [-0.4, -0.2) is 18.4 Å². The lowest BCUT2D eigenvalue weighted by Crippen LogP contribution is -2.13. The summed E-state index contributed by atoms with van der Waals surface area (Å²) in [5, 5.41) is 16.5. The van der Waals surface area contributed by atoms with E-state index >= 15 is 0 Å². The zero-order chi connectivity index (χ0) is 25.0. The molecule has 0 saturated heterocycles. The molecule has 2 aromatic heterocycles. The first kappa shape index (κ1) is 22.8. The first-order chi connectivity index (χ1) is 17.5. The molecule has 0 aliphatic heterocycles. The van der Waals surface area contributed by atoms with Gasteiger partial charge < -0.3 is 10.6 Å². The predicted molar refractivity (Wildman–Crippen MR) is 141 cm³/mol. The molecule has 36 heavy (non-hydrogen) atoms. The van der Waals surface area contributed by atoms with Gasteiger partial charge in [0.05, 0.1) is 22.0 Å². The molecule has 5 rings (SSSR count). The minimum absolute atomic E-state index is 0.113. The van der Waals surface area contributed by atoms with Crippen molar-refractivity contribution in [3.63, 3.8) is 0 Å². The van der Waals surface area contributed by atoms with E-state index < -0.39 is 10.0 Å². The van der Waals surface area contributed by atoms with Crippen molar-refractivity contribution in [3.8, 4) is 6.07 Å². The van der Waals surface area contributed by atoms with Crippen LogP contribution in [0.4, 0.5) is 28.4 Å². The van der Waals surface area contributed by atoms with E-state index in [1.165, 1.54) is 6.07 Å². The second kappa shape index (κ2) is 9.74.